The van der Waals surface area contributed by atoms with Gasteiger partial charge in [0.15, 0.2) is 6.61 Å². The summed E-state index contributed by atoms with van der Waals surface area (Å²) in [7, 11) is -3.71. The lowest BCUT2D eigenvalue weighted by Gasteiger charge is -2.10. The molecule has 0 amide bonds. The summed E-state index contributed by atoms with van der Waals surface area (Å²) in [5, 5.41) is 0. The van der Waals surface area contributed by atoms with Gasteiger partial charge < -0.3 is 9.30 Å². The lowest BCUT2D eigenvalue weighted by atomic mass is 10.1. The summed E-state index contributed by atoms with van der Waals surface area (Å²) in [6.45, 7) is 2.56. The Morgan fingerprint density at radius 1 is 1.09 bits per heavy atom. The van der Waals surface area contributed by atoms with Crippen LogP contribution in [0.3, 0.4) is 0 Å². The maximum Gasteiger partial charge on any atom is 0.328 e. The van der Waals surface area contributed by atoms with Crippen LogP contribution in [0.4, 0.5) is 4.39 Å². The molecule has 2 aromatic carbocycles. The van der Waals surface area contributed by atoms with Crippen LogP contribution in [0, 0.1) is 19.7 Å². The molecule has 3 aromatic rings. The molecule has 0 atom stereocenters. The first-order chi connectivity index (χ1) is 15.7. The second-order valence-electron chi connectivity index (χ2n) is 7.45. The molecular weight excluding hydrogens is 449 g/mol. The number of carbonyl (C=O) groups excluding carboxylic acids is 2. The predicted molar refractivity (Wildman–Crippen MR) is 119 cm³/mol. The first-order valence-corrected chi connectivity index (χ1v) is 11.5. The van der Waals surface area contributed by atoms with Gasteiger partial charge in [0.2, 0.25) is 5.78 Å². The summed E-state index contributed by atoms with van der Waals surface area (Å²) in [4.78, 5) is 28.8. The number of benzene rings is 2. The average molecular weight is 469 g/mol. The molecule has 1 aliphatic heterocycles. The third kappa shape index (κ3) is 4.42. The van der Waals surface area contributed by atoms with Gasteiger partial charge in [0.25, 0.3) is 10.0 Å². The van der Waals surface area contributed by atoms with Crippen molar-refractivity contribution in [1.29, 1.82) is 0 Å². The normalized spacial score (nSPS) is 15.2. The first kappa shape index (κ1) is 22.4. The highest BCUT2D eigenvalue weighted by Gasteiger charge is 2.30. The number of hydrogen-bond acceptors (Lipinski definition) is 6. The minimum Gasteiger partial charge on any atom is -0.456 e. The second kappa shape index (κ2) is 8.62. The number of sulfonamides is 1. The zero-order chi connectivity index (χ0) is 23.8. The van der Waals surface area contributed by atoms with Crippen molar-refractivity contribution in [1.82, 2.24) is 9.29 Å². The minimum absolute atomic E-state index is 0.0486. The Kier molecular flexibility index (Phi) is 5.86. The smallest absolute Gasteiger partial charge is 0.328 e. The number of fused-ring (bicyclic) bond motifs is 1. The molecule has 1 aromatic heterocycles. The van der Waals surface area contributed by atoms with Crippen LogP contribution in [0.5, 0.6) is 0 Å². The molecule has 0 spiro atoms. The lowest BCUT2D eigenvalue weighted by molar-refractivity contribution is -0.140. The minimum atomic E-state index is -3.71. The van der Waals surface area contributed by atoms with E-state index in [4.69, 9.17) is 4.74 Å². The Labute approximate surface area is 189 Å². The molecule has 2 heterocycles. The number of carbonyl (C=O) groups is 2. The van der Waals surface area contributed by atoms with Crippen LogP contribution in [0.25, 0.3) is 5.69 Å². The quantitative estimate of drug-likeness (QED) is 0.441. The molecular formula is C23H20FN3O5S. The Morgan fingerprint density at radius 2 is 1.85 bits per heavy atom. The number of halogens is 1. The molecule has 170 valence electrons. The van der Waals surface area contributed by atoms with Crippen molar-refractivity contribution in [3.05, 3.63) is 82.9 Å². The molecule has 10 heteroatoms. The van der Waals surface area contributed by atoms with E-state index < -0.39 is 40.7 Å². The second-order valence-corrected chi connectivity index (χ2v) is 9.10. The van der Waals surface area contributed by atoms with Crippen molar-refractivity contribution in [2.24, 2.45) is 4.99 Å². The van der Waals surface area contributed by atoms with Gasteiger partial charge in [-0.25, -0.2) is 12.8 Å². The van der Waals surface area contributed by atoms with Crippen LogP contribution in [0.2, 0.25) is 0 Å². The van der Waals surface area contributed by atoms with E-state index in [0.29, 0.717) is 22.5 Å². The molecule has 33 heavy (non-hydrogen) atoms. The number of aromatic nitrogens is 1. The van der Waals surface area contributed by atoms with Gasteiger partial charge in [-0.3, -0.25) is 19.3 Å². The number of ether oxygens (including phenoxy) is 1. The van der Waals surface area contributed by atoms with Crippen LogP contribution in [0.15, 0.2) is 64.5 Å². The number of rotatable bonds is 6. The number of esters is 1. The number of aliphatic imine (C=N–C) groups is 1. The van der Waals surface area contributed by atoms with E-state index in [9.17, 15) is 22.4 Å². The molecule has 0 aliphatic carbocycles. The van der Waals surface area contributed by atoms with E-state index in [1.54, 1.807) is 54.8 Å². The highest BCUT2D eigenvalue weighted by molar-refractivity contribution is 7.90. The van der Waals surface area contributed by atoms with Gasteiger partial charge in [-0.2, -0.15) is 0 Å². The summed E-state index contributed by atoms with van der Waals surface area (Å²) >= 11 is 0. The molecule has 0 unspecified atom stereocenters. The highest BCUT2D eigenvalue weighted by Crippen LogP contribution is 2.23. The van der Waals surface area contributed by atoms with Crippen molar-refractivity contribution in [3.63, 3.8) is 0 Å². The number of hydrogen-bond donors (Lipinski definition) is 1. The summed E-state index contributed by atoms with van der Waals surface area (Å²) in [6, 6.07) is 13.9. The van der Waals surface area contributed by atoms with E-state index in [0.717, 1.165) is 5.69 Å². The van der Waals surface area contributed by atoms with Gasteiger partial charge in [0.05, 0.1) is 4.90 Å². The summed E-state index contributed by atoms with van der Waals surface area (Å²) in [5.74, 6) is -1.54. The number of aryl methyl sites for hydroxylation is 1. The number of amidine groups is 1. The molecule has 4 rings (SSSR count). The van der Waals surface area contributed by atoms with Gasteiger partial charge in [0.1, 0.15) is 18.2 Å². The van der Waals surface area contributed by atoms with Crippen LogP contribution >= 0.6 is 0 Å². The van der Waals surface area contributed by atoms with Gasteiger partial charge >= 0.3 is 5.97 Å². The fourth-order valence-electron chi connectivity index (χ4n) is 3.72. The van der Waals surface area contributed by atoms with Gasteiger partial charge in [0, 0.05) is 28.2 Å². The fourth-order valence-corrected chi connectivity index (χ4v) is 4.97. The third-order valence-electron chi connectivity index (χ3n) is 5.19. The number of Topliss-reactive ketones (excluding diaryl/α,β-unsaturated/α-hetero) is 1. The SMILES string of the molecule is Cc1cc(C(=O)COC(=O)CN=C2NS(=O)(=O)c3ccccc32)c(C)n1-c1cccc(F)c1. The van der Waals surface area contributed by atoms with E-state index in [2.05, 4.69) is 9.71 Å². The van der Waals surface area contributed by atoms with Crippen molar-refractivity contribution in [3.8, 4) is 5.69 Å². The summed E-state index contributed by atoms with van der Waals surface area (Å²) in [6.07, 6.45) is 0. The first-order valence-electron chi connectivity index (χ1n) is 9.98. The molecule has 0 saturated carbocycles. The standard InChI is InChI=1S/C23H20FN3O5S/c1-14-10-19(15(2)27(14)17-7-5-6-16(24)11-17)20(28)13-32-22(29)12-25-23-18-8-3-4-9-21(18)33(30,31)26-23/h3-11H,12-13H2,1-2H3,(H,25,26). The molecule has 1 N–H and O–H groups in total. The molecule has 1 aliphatic rings. The fraction of sp³-hybridized carbons (Fsp3) is 0.174. The Bertz CT molecular complexity index is 1410. The van der Waals surface area contributed by atoms with Crippen molar-refractivity contribution >= 4 is 27.6 Å². The van der Waals surface area contributed by atoms with Crippen LogP contribution < -0.4 is 4.72 Å². The molecule has 0 radical (unpaired) electrons. The number of ketones is 1. The largest absolute Gasteiger partial charge is 0.456 e. The highest BCUT2D eigenvalue weighted by atomic mass is 32.2. The van der Waals surface area contributed by atoms with Crippen LogP contribution in [-0.4, -0.2) is 43.7 Å². The Hall–Kier alpha value is -3.79. The van der Waals surface area contributed by atoms with E-state index in [1.807, 2.05) is 0 Å². The summed E-state index contributed by atoms with van der Waals surface area (Å²) in [5.41, 5.74) is 2.62. The van der Waals surface area contributed by atoms with Gasteiger partial charge in [-0.05, 0) is 50.2 Å². The van der Waals surface area contributed by atoms with Crippen LogP contribution in [-0.2, 0) is 19.6 Å². The number of nitrogens with zero attached hydrogens (tertiary/aromatic N) is 2. The predicted octanol–water partition coefficient (Wildman–Crippen LogP) is 2.70. The zero-order valence-electron chi connectivity index (χ0n) is 17.8. The summed E-state index contributed by atoms with van der Waals surface area (Å²) < 4.78 is 46.9. The Morgan fingerprint density at radius 3 is 2.61 bits per heavy atom. The van der Waals surface area contributed by atoms with E-state index in [-0.39, 0.29) is 10.7 Å². The average Bonchev–Trinajstić information content (AvgIpc) is 3.22. The molecule has 8 nitrogen and oxygen atoms in total. The zero-order valence-corrected chi connectivity index (χ0v) is 18.6. The van der Waals surface area contributed by atoms with Crippen molar-refractivity contribution in [2.45, 2.75) is 18.7 Å². The van der Waals surface area contributed by atoms with Crippen LogP contribution in [0.1, 0.15) is 27.3 Å². The Balaban J connectivity index is 1.42. The maximum absolute atomic E-state index is 13.6. The third-order valence-corrected chi connectivity index (χ3v) is 6.59. The molecule has 0 bridgehead atoms. The topological polar surface area (TPSA) is 107 Å². The number of nitrogens with one attached hydrogen (secondary N) is 1. The van der Waals surface area contributed by atoms with E-state index in [1.165, 1.54) is 18.2 Å². The monoisotopic (exact) mass is 469 g/mol. The van der Waals surface area contributed by atoms with Crippen molar-refractivity contribution in [2.75, 3.05) is 13.2 Å². The molecule has 0 saturated heterocycles. The lowest BCUT2D eigenvalue weighted by Crippen LogP contribution is -2.24. The van der Waals surface area contributed by atoms with E-state index >= 15 is 0 Å². The van der Waals surface area contributed by atoms with Crippen molar-refractivity contribution < 1.29 is 27.1 Å². The maximum atomic E-state index is 13.6. The molecule has 0 fully saturated rings. The van der Waals surface area contributed by atoms with Gasteiger partial charge in [-0.1, -0.05) is 18.2 Å². The van der Waals surface area contributed by atoms with Gasteiger partial charge in [-0.15, -0.1) is 0 Å².